The Labute approximate surface area is 159 Å². The molecule has 138 valence electrons. The standard InChI is InChI=1S/C21H23N5O/c1-14-19(27-18-5-3-4-6-18)11-17(13-24-14)16-7-9-23-21(12-16)26-20-8-10-22-15(2)25-20/h7-13,18H,3-6H2,1-2H3,(H,22,23,25,26). The lowest BCUT2D eigenvalue weighted by Crippen LogP contribution is -2.12. The maximum absolute atomic E-state index is 6.20. The van der Waals surface area contributed by atoms with E-state index in [4.69, 9.17) is 4.74 Å². The molecular weight excluding hydrogens is 338 g/mol. The highest BCUT2D eigenvalue weighted by atomic mass is 16.5. The quantitative estimate of drug-likeness (QED) is 0.715. The number of aromatic nitrogens is 4. The number of hydrogen-bond donors (Lipinski definition) is 1. The lowest BCUT2D eigenvalue weighted by Gasteiger charge is -2.16. The Kier molecular flexibility index (Phi) is 4.96. The SMILES string of the molecule is Cc1nccc(Nc2cc(-c3cnc(C)c(OC4CCCC4)c3)ccn2)n1. The van der Waals surface area contributed by atoms with Crippen LogP contribution in [0.3, 0.4) is 0 Å². The van der Waals surface area contributed by atoms with E-state index in [0.717, 1.165) is 47.0 Å². The Morgan fingerprint density at radius 3 is 2.56 bits per heavy atom. The fraction of sp³-hybridized carbons (Fsp3) is 0.333. The molecule has 0 unspecified atom stereocenters. The Bertz CT molecular complexity index is 937. The van der Waals surface area contributed by atoms with Crippen molar-refractivity contribution in [1.82, 2.24) is 19.9 Å². The first kappa shape index (κ1) is 17.4. The highest BCUT2D eigenvalue weighted by Crippen LogP contribution is 2.30. The zero-order valence-electron chi connectivity index (χ0n) is 15.6. The third-order valence-electron chi connectivity index (χ3n) is 4.76. The Balaban J connectivity index is 1.57. The molecule has 3 aromatic heterocycles. The summed E-state index contributed by atoms with van der Waals surface area (Å²) in [7, 11) is 0. The second kappa shape index (κ2) is 7.70. The average molecular weight is 361 g/mol. The number of pyridine rings is 2. The molecule has 0 aliphatic heterocycles. The molecule has 0 aromatic carbocycles. The molecule has 0 radical (unpaired) electrons. The molecule has 1 saturated carbocycles. The first-order valence-electron chi connectivity index (χ1n) is 9.34. The number of hydrogen-bond acceptors (Lipinski definition) is 6. The van der Waals surface area contributed by atoms with E-state index >= 15 is 0 Å². The first-order chi connectivity index (χ1) is 13.2. The molecule has 1 aliphatic carbocycles. The van der Waals surface area contributed by atoms with Gasteiger partial charge in [0.15, 0.2) is 0 Å². The van der Waals surface area contributed by atoms with Gasteiger partial charge in [0.2, 0.25) is 0 Å². The van der Waals surface area contributed by atoms with Gasteiger partial charge < -0.3 is 10.1 Å². The van der Waals surface area contributed by atoms with Gasteiger partial charge in [0, 0.05) is 24.2 Å². The summed E-state index contributed by atoms with van der Waals surface area (Å²) < 4.78 is 6.20. The summed E-state index contributed by atoms with van der Waals surface area (Å²) in [6, 6.07) is 7.86. The van der Waals surface area contributed by atoms with Crippen molar-refractivity contribution in [2.75, 3.05) is 5.32 Å². The van der Waals surface area contributed by atoms with E-state index < -0.39 is 0 Å². The molecule has 1 fully saturated rings. The van der Waals surface area contributed by atoms with E-state index in [1.54, 1.807) is 12.4 Å². The molecule has 3 aromatic rings. The van der Waals surface area contributed by atoms with E-state index in [9.17, 15) is 0 Å². The fourth-order valence-corrected chi connectivity index (χ4v) is 3.31. The summed E-state index contributed by atoms with van der Waals surface area (Å²) in [4.78, 5) is 17.4. The van der Waals surface area contributed by atoms with Crippen LogP contribution in [0.2, 0.25) is 0 Å². The highest BCUT2D eigenvalue weighted by molar-refractivity contribution is 5.68. The molecule has 3 heterocycles. The van der Waals surface area contributed by atoms with E-state index in [1.165, 1.54) is 12.8 Å². The maximum atomic E-state index is 6.20. The zero-order valence-corrected chi connectivity index (χ0v) is 15.6. The summed E-state index contributed by atoms with van der Waals surface area (Å²) in [5, 5.41) is 3.23. The third kappa shape index (κ3) is 4.22. The summed E-state index contributed by atoms with van der Waals surface area (Å²) in [5.41, 5.74) is 2.97. The van der Waals surface area contributed by atoms with Crippen molar-refractivity contribution >= 4 is 11.6 Å². The molecule has 6 heteroatoms. The topological polar surface area (TPSA) is 72.8 Å². The van der Waals surface area contributed by atoms with Gasteiger partial charge in [-0.3, -0.25) is 4.98 Å². The predicted molar refractivity (Wildman–Crippen MR) is 105 cm³/mol. The van der Waals surface area contributed by atoms with Gasteiger partial charge in [0.25, 0.3) is 0 Å². The van der Waals surface area contributed by atoms with Crippen LogP contribution in [0.4, 0.5) is 11.6 Å². The van der Waals surface area contributed by atoms with Crippen LogP contribution in [0.15, 0.2) is 42.9 Å². The van der Waals surface area contributed by atoms with Crippen molar-refractivity contribution in [3.8, 4) is 16.9 Å². The molecule has 4 rings (SSSR count). The lowest BCUT2D eigenvalue weighted by atomic mass is 10.1. The van der Waals surface area contributed by atoms with Crippen molar-refractivity contribution in [2.24, 2.45) is 0 Å². The van der Waals surface area contributed by atoms with Crippen molar-refractivity contribution in [1.29, 1.82) is 0 Å². The minimum atomic E-state index is 0.316. The van der Waals surface area contributed by atoms with Crippen molar-refractivity contribution < 1.29 is 4.74 Å². The molecule has 0 saturated heterocycles. The van der Waals surface area contributed by atoms with Gasteiger partial charge >= 0.3 is 0 Å². The van der Waals surface area contributed by atoms with Crippen LogP contribution in [0.1, 0.15) is 37.2 Å². The summed E-state index contributed by atoms with van der Waals surface area (Å²) in [6.07, 6.45) is 10.5. The van der Waals surface area contributed by atoms with Gasteiger partial charge in [-0.25, -0.2) is 15.0 Å². The molecule has 1 N–H and O–H groups in total. The van der Waals surface area contributed by atoms with Gasteiger partial charge in [-0.15, -0.1) is 0 Å². The fourth-order valence-electron chi connectivity index (χ4n) is 3.31. The minimum Gasteiger partial charge on any atom is -0.489 e. The number of anilines is 2. The minimum absolute atomic E-state index is 0.316. The molecule has 0 atom stereocenters. The lowest BCUT2D eigenvalue weighted by molar-refractivity contribution is 0.208. The highest BCUT2D eigenvalue weighted by Gasteiger charge is 2.18. The maximum Gasteiger partial charge on any atom is 0.141 e. The second-order valence-electron chi connectivity index (χ2n) is 6.88. The van der Waals surface area contributed by atoms with E-state index in [1.807, 2.05) is 38.2 Å². The van der Waals surface area contributed by atoms with Crippen LogP contribution in [0.25, 0.3) is 11.1 Å². The number of aryl methyl sites for hydroxylation is 2. The summed E-state index contributed by atoms with van der Waals surface area (Å²) in [6.45, 7) is 3.85. The summed E-state index contributed by atoms with van der Waals surface area (Å²) in [5.74, 6) is 3.04. The monoisotopic (exact) mass is 361 g/mol. The van der Waals surface area contributed by atoms with Gasteiger partial charge in [-0.2, -0.15) is 0 Å². The van der Waals surface area contributed by atoms with Crippen LogP contribution in [0, 0.1) is 13.8 Å². The smallest absolute Gasteiger partial charge is 0.141 e. The second-order valence-corrected chi connectivity index (χ2v) is 6.88. The van der Waals surface area contributed by atoms with Crippen molar-refractivity contribution in [3.05, 3.63) is 54.4 Å². The zero-order chi connectivity index (χ0) is 18.6. The van der Waals surface area contributed by atoms with Gasteiger partial charge in [-0.1, -0.05) is 0 Å². The Morgan fingerprint density at radius 1 is 0.926 bits per heavy atom. The Morgan fingerprint density at radius 2 is 1.74 bits per heavy atom. The number of ether oxygens (including phenoxy) is 1. The van der Waals surface area contributed by atoms with Gasteiger partial charge in [-0.05, 0) is 69.4 Å². The number of nitrogens with one attached hydrogen (secondary N) is 1. The van der Waals surface area contributed by atoms with Crippen molar-refractivity contribution in [2.45, 2.75) is 45.6 Å². The van der Waals surface area contributed by atoms with Gasteiger partial charge in [0.1, 0.15) is 23.2 Å². The van der Waals surface area contributed by atoms with Crippen LogP contribution in [0.5, 0.6) is 5.75 Å². The van der Waals surface area contributed by atoms with E-state index in [0.29, 0.717) is 11.9 Å². The van der Waals surface area contributed by atoms with Crippen LogP contribution < -0.4 is 10.1 Å². The van der Waals surface area contributed by atoms with Crippen LogP contribution in [-0.4, -0.2) is 26.0 Å². The molecular formula is C21H23N5O. The molecule has 0 amide bonds. The number of nitrogens with zero attached hydrogens (tertiary/aromatic N) is 4. The van der Waals surface area contributed by atoms with Crippen LogP contribution in [-0.2, 0) is 0 Å². The molecule has 0 bridgehead atoms. The van der Waals surface area contributed by atoms with Crippen molar-refractivity contribution in [3.63, 3.8) is 0 Å². The average Bonchev–Trinajstić information content (AvgIpc) is 3.17. The van der Waals surface area contributed by atoms with Crippen LogP contribution >= 0.6 is 0 Å². The Hall–Kier alpha value is -3.02. The van der Waals surface area contributed by atoms with E-state index in [-0.39, 0.29) is 0 Å². The normalized spacial score (nSPS) is 14.3. The molecule has 0 spiro atoms. The number of rotatable bonds is 5. The summed E-state index contributed by atoms with van der Waals surface area (Å²) >= 11 is 0. The largest absolute Gasteiger partial charge is 0.489 e. The molecule has 27 heavy (non-hydrogen) atoms. The first-order valence-corrected chi connectivity index (χ1v) is 9.34. The van der Waals surface area contributed by atoms with Gasteiger partial charge in [0.05, 0.1) is 11.8 Å². The molecule has 1 aliphatic rings. The third-order valence-corrected chi connectivity index (χ3v) is 4.76. The molecule has 6 nitrogen and oxygen atoms in total. The van der Waals surface area contributed by atoms with E-state index in [2.05, 4.69) is 31.3 Å². The predicted octanol–water partition coefficient (Wildman–Crippen LogP) is 4.62.